The molecule has 0 saturated carbocycles. The quantitative estimate of drug-likeness (QED) is 0.452. The summed E-state index contributed by atoms with van der Waals surface area (Å²) in [5.41, 5.74) is 2.76. The van der Waals surface area contributed by atoms with E-state index in [9.17, 15) is 19.2 Å². The summed E-state index contributed by atoms with van der Waals surface area (Å²) in [6, 6.07) is 17.9. The minimum atomic E-state index is -0.576. The molecule has 0 aliphatic carbocycles. The zero-order valence-electron chi connectivity index (χ0n) is 20.7. The number of aromatic nitrogens is 1. The number of fused-ring (bicyclic) bond motifs is 4. The van der Waals surface area contributed by atoms with Crippen LogP contribution in [-0.2, 0) is 6.54 Å². The van der Waals surface area contributed by atoms with E-state index in [0.29, 0.717) is 42.1 Å². The molecule has 2 aliphatic rings. The Balaban J connectivity index is 1.26. The van der Waals surface area contributed by atoms with Crippen molar-refractivity contribution in [3.63, 3.8) is 0 Å². The lowest BCUT2D eigenvalue weighted by molar-refractivity contribution is 0.101. The first-order valence-corrected chi connectivity index (χ1v) is 12.3. The molecule has 0 radical (unpaired) electrons. The van der Waals surface area contributed by atoms with Crippen LogP contribution >= 0.6 is 0 Å². The van der Waals surface area contributed by atoms with Gasteiger partial charge in [0.05, 0.1) is 11.6 Å². The van der Waals surface area contributed by atoms with Crippen LogP contribution < -0.4 is 21.5 Å². The second kappa shape index (κ2) is 10.2. The number of anilines is 3. The molecular formula is C28H26N6O4. The van der Waals surface area contributed by atoms with Crippen LogP contribution in [0, 0.1) is 17.2 Å². The summed E-state index contributed by atoms with van der Waals surface area (Å²) in [6.07, 6.45) is 0.874. The van der Waals surface area contributed by atoms with Crippen LogP contribution in [0.2, 0.25) is 0 Å². The molecule has 38 heavy (non-hydrogen) atoms. The summed E-state index contributed by atoms with van der Waals surface area (Å²) < 4.78 is 1.69. The van der Waals surface area contributed by atoms with Crippen molar-refractivity contribution >= 4 is 34.9 Å². The number of carbonyl (C=O) groups excluding carboxylic acids is 3. The van der Waals surface area contributed by atoms with Gasteiger partial charge in [-0.05, 0) is 73.9 Å². The Hall–Kier alpha value is -4.91. The fraction of sp³-hybridized carbons (Fsp3) is 0.250. The number of pyridine rings is 1. The number of ketones is 1. The fourth-order valence-electron chi connectivity index (χ4n) is 5.15. The second-order valence-electron chi connectivity index (χ2n) is 9.63. The summed E-state index contributed by atoms with van der Waals surface area (Å²) in [4.78, 5) is 51.9. The second-order valence-corrected chi connectivity index (χ2v) is 9.63. The predicted octanol–water partition coefficient (Wildman–Crippen LogP) is 4.22. The maximum Gasteiger partial charge on any atom is 0.323 e. The van der Waals surface area contributed by atoms with Gasteiger partial charge >= 0.3 is 12.1 Å². The number of nitriles is 1. The predicted molar refractivity (Wildman–Crippen MR) is 142 cm³/mol. The van der Waals surface area contributed by atoms with Crippen molar-refractivity contribution in [3.8, 4) is 6.07 Å². The zero-order chi connectivity index (χ0) is 26.8. The number of Topliss-reactive ketones (excluding diaryl/α,β-unsaturated/α-hetero) is 1. The van der Waals surface area contributed by atoms with Crippen LogP contribution in [0.15, 0.2) is 65.5 Å². The van der Waals surface area contributed by atoms with E-state index in [2.05, 4.69) is 16.0 Å². The number of hydrogen-bond donors (Lipinski definition) is 3. The number of piperidine rings is 1. The lowest BCUT2D eigenvalue weighted by Gasteiger charge is -2.42. The number of nitrogens with zero attached hydrogens (tertiary/aromatic N) is 3. The van der Waals surface area contributed by atoms with Gasteiger partial charge in [-0.15, -0.1) is 0 Å². The highest BCUT2D eigenvalue weighted by molar-refractivity contribution is 5.99. The monoisotopic (exact) mass is 510 g/mol. The van der Waals surface area contributed by atoms with E-state index in [1.54, 1.807) is 64.1 Å². The minimum Gasteiger partial charge on any atom is -0.324 e. The molecule has 3 N–H and O–H groups in total. The molecule has 3 heterocycles. The number of benzene rings is 2. The topological polar surface area (TPSA) is 136 Å². The van der Waals surface area contributed by atoms with Gasteiger partial charge in [-0.1, -0.05) is 6.07 Å². The van der Waals surface area contributed by atoms with Crippen LogP contribution in [0.4, 0.5) is 26.7 Å². The smallest absolute Gasteiger partial charge is 0.323 e. The van der Waals surface area contributed by atoms with Gasteiger partial charge in [-0.3, -0.25) is 9.59 Å². The SMILES string of the molecule is CC(=O)c1ccc(NC(=O)N2C[C@@H]3C[C@H](C2)c2ccc(NC(=O)Nc4cccc(C#N)c4)c(=O)n2C3)cc1. The van der Waals surface area contributed by atoms with Gasteiger partial charge in [-0.2, -0.15) is 5.26 Å². The van der Waals surface area contributed by atoms with Gasteiger partial charge in [-0.25, -0.2) is 9.59 Å². The van der Waals surface area contributed by atoms with Gasteiger partial charge in [0.1, 0.15) is 5.69 Å². The standard InChI is InChI=1S/C28H26N6O4/c1-17(35)20-5-7-22(8-6-20)31-28(38)33-14-19-11-21(16-33)25-10-9-24(26(36)34(25)15-19)32-27(37)30-23-4-2-3-18(12-23)13-29/h2-10,12,19,21H,11,14-16H2,1H3,(H,31,38)(H2,30,32,37)/t19-,21+/m0/s1. The van der Waals surface area contributed by atoms with Gasteiger partial charge in [0.2, 0.25) is 0 Å². The van der Waals surface area contributed by atoms with E-state index in [0.717, 1.165) is 12.1 Å². The summed E-state index contributed by atoms with van der Waals surface area (Å²) in [7, 11) is 0. The van der Waals surface area contributed by atoms with Crippen molar-refractivity contribution in [1.82, 2.24) is 9.47 Å². The van der Waals surface area contributed by atoms with E-state index in [1.165, 1.54) is 6.92 Å². The maximum atomic E-state index is 13.2. The van der Waals surface area contributed by atoms with Gasteiger partial charge in [0, 0.05) is 48.2 Å². The molecule has 192 valence electrons. The third-order valence-electron chi connectivity index (χ3n) is 6.93. The Labute approximate surface area is 218 Å². The fourth-order valence-corrected chi connectivity index (χ4v) is 5.15. The summed E-state index contributed by atoms with van der Waals surface area (Å²) in [5.74, 6) is 0.0604. The van der Waals surface area contributed by atoms with Crippen molar-refractivity contribution in [3.05, 3.63) is 87.8 Å². The van der Waals surface area contributed by atoms with Gasteiger partial charge < -0.3 is 25.4 Å². The molecule has 1 fully saturated rings. The minimum absolute atomic E-state index is 0.00219. The van der Waals surface area contributed by atoms with E-state index < -0.39 is 6.03 Å². The third kappa shape index (κ3) is 5.13. The molecule has 10 heteroatoms. The van der Waals surface area contributed by atoms with Crippen LogP contribution in [0.5, 0.6) is 0 Å². The Morgan fingerprint density at radius 3 is 2.45 bits per heavy atom. The first-order valence-electron chi connectivity index (χ1n) is 12.3. The molecule has 0 spiro atoms. The van der Waals surface area contributed by atoms with E-state index in [-0.39, 0.29) is 34.9 Å². The van der Waals surface area contributed by atoms with Crippen molar-refractivity contribution in [1.29, 1.82) is 5.26 Å². The Morgan fingerprint density at radius 2 is 1.71 bits per heavy atom. The molecule has 2 aromatic carbocycles. The average Bonchev–Trinajstić information content (AvgIpc) is 2.90. The van der Waals surface area contributed by atoms with E-state index >= 15 is 0 Å². The number of carbonyl (C=O) groups is 3. The highest BCUT2D eigenvalue weighted by Gasteiger charge is 2.36. The van der Waals surface area contributed by atoms with E-state index in [1.807, 2.05) is 12.1 Å². The summed E-state index contributed by atoms with van der Waals surface area (Å²) in [6.45, 7) is 2.92. The molecule has 2 atom stereocenters. The first kappa shape index (κ1) is 24.8. The third-order valence-corrected chi connectivity index (χ3v) is 6.93. The highest BCUT2D eigenvalue weighted by Crippen LogP contribution is 2.35. The van der Waals surface area contributed by atoms with Gasteiger partial charge in [0.15, 0.2) is 5.78 Å². The maximum absolute atomic E-state index is 13.2. The van der Waals surface area contributed by atoms with Crippen molar-refractivity contribution < 1.29 is 14.4 Å². The number of likely N-dealkylation sites (tertiary alicyclic amines) is 1. The molecule has 0 unspecified atom stereocenters. The molecule has 3 aromatic rings. The molecule has 1 aromatic heterocycles. The largest absolute Gasteiger partial charge is 0.324 e. The lowest BCUT2D eigenvalue weighted by atomic mass is 9.83. The number of hydrogen-bond acceptors (Lipinski definition) is 5. The van der Waals surface area contributed by atoms with Crippen LogP contribution in [0.1, 0.15) is 40.9 Å². The Kier molecular flexibility index (Phi) is 6.66. The molecular weight excluding hydrogens is 484 g/mol. The molecule has 5 rings (SSSR count). The lowest BCUT2D eigenvalue weighted by Crippen LogP contribution is -2.50. The van der Waals surface area contributed by atoms with Crippen LogP contribution in [0.25, 0.3) is 0 Å². The summed E-state index contributed by atoms with van der Waals surface area (Å²) in [5, 5.41) is 17.2. The van der Waals surface area contributed by atoms with Crippen molar-refractivity contribution in [2.75, 3.05) is 29.0 Å². The Morgan fingerprint density at radius 1 is 0.921 bits per heavy atom. The number of amides is 4. The van der Waals surface area contributed by atoms with Gasteiger partial charge in [0.25, 0.3) is 5.56 Å². The van der Waals surface area contributed by atoms with Crippen LogP contribution in [0.3, 0.4) is 0 Å². The Bertz CT molecular complexity index is 1520. The normalized spacial score (nSPS) is 17.5. The number of rotatable bonds is 4. The molecule has 2 aliphatic heterocycles. The molecule has 10 nitrogen and oxygen atoms in total. The number of urea groups is 2. The molecule has 1 saturated heterocycles. The molecule has 4 amide bonds. The number of nitrogens with one attached hydrogen (secondary N) is 3. The zero-order valence-corrected chi connectivity index (χ0v) is 20.7. The van der Waals surface area contributed by atoms with Crippen LogP contribution in [-0.4, -0.2) is 40.4 Å². The van der Waals surface area contributed by atoms with E-state index in [4.69, 9.17) is 5.26 Å². The highest BCUT2D eigenvalue weighted by atomic mass is 16.2. The van der Waals surface area contributed by atoms with Crippen molar-refractivity contribution in [2.45, 2.75) is 25.8 Å². The summed E-state index contributed by atoms with van der Waals surface area (Å²) >= 11 is 0. The first-order chi connectivity index (χ1) is 18.3. The average molecular weight is 511 g/mol. The van der Waals surface area contributed by atoms with Crippen molar-refractivity contribution in [2.24, 2.45) is 5.92 Å². The molecule has 2 bridgehead atoms.